The molecular formula is C11H21NO4. The Balaban J connectivity index is 4.18. The molecule has 16 heavy (non-hydrogen) atoms. The van der Waals surface area contributed by atoms with Crippen LogP contribution in [0.3, 0.4) is 0 Å². The molecule has 2 N–H and O–H groups in total. The third kappa shape index (κ3) is 5.23. The molecule has 0 fully saturated rings. The molecule has 0 bridgehead atoms. The summed E-state index contributed by atoms with van der Waals surface area (Å²) >= 11 is 0. The van der Waals surface area contributed by atoms with Crippen LogP contribution in [0.15, 0.2) is 0 Å². The van der Waals surface area contributed by atoms with Gasteiger partial charge in [-0.1, -0.05) is 0 Å². The van der Waals surface area contributed by atoms with Crippen LogP contribution in [0.5, 0.6) is 0 Å². The van der Waals surface area contributed by atoms with Crippen LogP contribution in [0.4, 0.5) is 0 Å². The van der Waals surface area contributed by atoms with Gasteiger partial charge in [0.25, 0.3) is 0 Å². The minimum atomic E-state index is -0.828. The highest BCUT2D eigenvalue weighted by atomic mass is 16.6. The molecule has 0 aliphatic carbocycles. The van der Waals surface area contributed by atoms with Crippen molar-refractivity contribution < 1.29 is 19.1 Å². The van der Waals surface area contributed by atoms with Crippen molar-refractivity contribution in [2.45, 2.75) is 59.0 Å². The lowest BCUT2D eigenvalue weighted by molar-refractivity contribution is -0.166. The van der Waals surface area contributed by atoms with Gasteiger partial charge in [0.2, 0.25) is 0 Å². The normalized spacial score (nSPS) is 16.7. The summed E-state index contributed by atoms with van der Waals surface area (Å²) in [6.07, 6.45) is -1.57. The summed E-state index contributed by atoms with van der Waals surface area (Å²) in [5.41, 5.74) is 5.40. The molecule has 0 rings (SSSR count). The molecule has 0 aliphatic rings. The van der Waals surface area contributed by atoms with E-state index in [1.165, 1.54) is 6.92 Å². The Kier molecular flexibility index (Phi) is 6.21. The number of nitrogens with two attached hydrogens (primary N) is 1. The van der Waals surface area contributed by atoms with Gasteiger partial charge in [-0.15, -0.1) is 0 Å². The molecule has 3 atom stereocenters. The zero-order valence-corrected chi connectivity index (χ0v) is 10.5. The Bertz CT molecular complexity index is 250. The maximum atomic E-state index is 11.5. The summed E-state index contributed by atoms with van der Waals surface area (Å²) in [6.45, 7) is 8.29. The Labute approximate surface area is 96.3 Å². The van der Waals surface area contributed by atoms with Gasteiger partial charge in [-0.2, -0.15) is 0 Å². The first kappa shape index (κ1) is 15.1. The molecule has 0 heterocycles. The monoisotopic (exact) mass is 231 g/mol. The fourth-order valence-corrected chi connectivity index (χ4v) is 1.16. The zero-order valence-electron chi connectivity index (χ0n) is 10.5. The first-order valence-electron chi connectivity index (χ1n) is 5.41. The molecule has 0 amide bonds. The molecule has 1 unspecified atom stereocenters. The van der Waals surface area contributed by atoms with E-state index in [1.807, 2.05) is 13.8 Å². The largest absolute Gasteiger partial charge is 0.453 e. The summed E-state index contributed by atoms with van der Waals surface area (Å²) in [6, 6.07) is -0.635. The number of hydrogen-bond acceptors (Lipinski definition) is 5. The summed E-state index contributed by atoms with van der Waals surface area (Å²) in [5.74, 6) is -0.847. The van der Waals surface area contributed by atoms with E-state index in [4.69, 9.17) is 15.2 Å². The van der Waals surface area contributed by atoms with E-state index in [-0.39, 0.29) is 11.9 Å². The maximum absolute atomic E-state index is 11.5. The number of esters is 1. The van der Waals surface area contributed by atoms with Crippen molar-refractivity contribution in [3.05, 3.63) is 0 Å². The minimum Gasteiger partial charge on any atom is -0.453 e. The molecular weight excluding hydrogens is 210 g/mol. The van der Waals surface area contributed by atoms with E-state index in [1.54, 1.807) is 13.8 Å². The molecule has 0 saturated heterocycles. The number of hydrogen-bond donors (Lipinski definition) is 1. The van der Waals surface area contributed by atoms with E-state index in [0.29, 0.717) is 0 Å². The van der Waals surface area contributed by atoms with Gasteiger partial charge in [0.15, 0.2) is 18.0 Å². The highest BCUT2D eigenvalue weighted by Crippen LogP contribution is 2.04. The van der Waals surface area contributed by atoms with Crippen LogP contribution >= 0.6 is 0 Å². The van der Waals surface area contributed by atoms with Gasteiger partial charge >= 0.3 is 5.97 Å². The fraction of sp³-hybridized carbons (Fsp3) is 0.818. The number of ketones is 1. The van der Waals surface area contributed by atoms with Gasteiger partial charge in [0.05, 0.1) is 12.1 Å². The molecule has 0 aromatic rings. The van der Waals surface area contributed by atoms with E-state index in [9.17, 15) is 9.59 Å². The van der Waals surface area contributed by atoms with Gasteiger partial charge in [-0.25, -0.2) is 4.79 Å². The molecule has 0 saturated carbocycles. The summed E-state index contributed by atoms with van der Waals surface area (Å²) < 4.78 is 10.2. The number of ether oxygens (including phenoxy) is 2. The highest BCUT2D eigenvalue weighted by Gasteiger charge is 2.24. The second-order valence-electron chi connectivity index (χ2n) is 4.10. The number of carbonyl (C=O) groups is 2. The van der Waals surface area contributed by atoms with E-state index < -0.39 is 24.2 Å². The second kappa shape index (κ2) is 6.60. The molecule has 5 heteroatoms. The van der Waals surface area contributed by atoms with Crippen molar-refractivity contribution in [3.63, 3.8) is 0 Å². The van der Waals surface area contributed by atoms with Crippen molar-refractivity contribution in [1.29, 1.82) is 0 Å². The average Bonchev–Trinajstić information content (AvgIpc) is 2.14. The van der Waals surface area contributed by atoms with Crippen LogP contribution in [-0.4, -0.2) is 36.1 Å². The van der Waals surface area contributed by atoms with Crippen LogP contribution in [0, 0.1) is 0 Å². The molecule has 0 radical (unpaired) electrons. The zero-order chi connectivity index (χ0) is 12.9. The number of Topliss-reactive ketones (excluding diaryl/α,β-unsaturated/α-hetero) is 1. The number of carbonyl (C=O) groups excluding carboxylic acids is 2. The van der Waals surface area contributed by atoms with Crippen molar-refractivity contribution in [3.8, 4) is 0 Å². The lowest BCUT2D eigenvalue weighted by atomic mass is 10.1. The molecule has 94 valence electrons. The van der Waals surface area contributed by atoms with Gasteiger partial charge in [-0.05, 0) is 34.6 Å². The van der Waals surface area contributed by atoms with Gasteiger partial charge in [0, 0.05) is 0 Å². The predicted molar refractivity (Wildman–Crippen MR) is 59.9 cm³/mol. The summed E-state index contributed by atoms with van der Waals surface area (Å²) in [4.78, 5) is 22.9. The van der Waals surface area contributed by atoms with Gasteiger partial charge < -0.3 is 15.2 Å². The van der Waals surface area contributed by atoms with Gasteiger partial charge in [0.1, 0.15) is 0 Å². The quantitative estimate of drug-likeness (QED) is 0.679. The van der Waals surface area contributed by atoms with Crippen LogP contribution in [-0.2, 0) is 19.1 Å². The lowest BCUT2D eigenvalue weighted by Crippen LogP contribution is -2.39. The second-order valence-corrected chi connectivity index (χ2v) is 4.10. The van der Waals surface area contributed by atoms with E-state index in [2.05, 4.69) is 0 Å². The van der Waals surface area contributed by atoms with Crippen LogP contribution in [0.2, 0.25) is 0 Å². The summed E-state index contributed by atoms with van der Waals surface area (Å²) in [7, 11) is 0. The maximum Gasteiger partial charge on any atom is 0.335 e. The van der Waals surface area contributed by atoms with Crippen LogP contribution in [0.25, 0.3) is 0 Å². The first-order valence-corrected chi connectivity index (χ1v) is 5.41. The SMILES string of the molecule is CC(C)O[C@H](C)C(=O)O[C@H](C)C(=O)C(C)N. The van der Waals surface area contributed by atoms with Crippen LogP contribution < -0.4 is 5.73 Å². The first-order chi connectivity index (χ1) is 7.25. The Hall–Kier alpha value is -0.940. The lowest BCUT2D eigenvalue weighted by Gasteiger charge is -2.19. The van der Waals surface area contributed by atoms with E-state index >= 15 is 0 Å². The average molecular weight is 231 g/mol. The molecule has 0 spiro atoms. The molecule has 0 aromatic heterocycles. The predicted octanol–water partition coefficient (Wildman–Crippen LogP) is 0.648. The molecule has 0 aromatic carbocycles. The van der Waals surface area contributed by atoms with Crippen molar-refractivity contribution in [2.75, 3.05) is 0 Å². The minimum absolute atomic E-state index is 0.0676. The Morgan fingerprint density at radius 1 is 1.00 bits per heavy atom. The van der Waals surface area contributed by atoms with E-state index in [0.717, 1.165) is 0 Å². The summed E-state index contributed by atoms with van der Waals surface area (Å²) in [5, 5.41) is 0. The molecule has 5 nitrogen and oxygen atoms in total. The third-order valence-corrected chi connectivity index (χ3v) is 1.95. The smallest absolute Gasteiger partial charge is 0.335 e. The highest BCUT2D eigenvalue weighted by molar-refractivity contribution is 5.89. The van der Waals surface area contributed by atoms with Crippen molar-refractivity contribution >= 4 is 11.8 Å². The van der Waals surface area contributed by atoms with Gasteiger partial charge in [-0.3, -0.25) is 4.79 Å². The van der Waals surface area contributed by atoms with Crippen LogP contribution in [0.1, 0.15) is 34.6 Å². The molecule has 0 aliphatic heterocycles. The Morgan fingerprint density at radius 3 is 1.88 bits per heavy atom. The Morgan fingerprint density at radius 2 is 1.50 bits per heavy atom. The van der Waals surface area contributed by atoms with Crippen molar-refractivity contribution in [1.82, 2.24) is 0 Å². The number of rotatable bonds is 6. The fourth-order valence-electron chi connectivity index (χ4n) is 1.16. The third-order valence-electron chi connectivity index (χ3n) is 1.95. The van der Waals surface area contributed by atoms with Crippen molar-refractivity contribution in [2.24, 2.45) is 5.73 Å². The standard InChI is InChI=1S/C11H21NO4/c1-6(2)15-9(5)11(14)16-8(4)10(13)7(3)12/h6-9H,12H2,1-5H3/t7?,8-,9-/m1/s1. The topological polar surface area (TPSA) is 78.6 Å².